The number of hydrogen-bond donors (Lipinski definition) is 5. The summed E-state index contributed by atoms with van der Waals surface area (Å²) in [7, 11) is 0. The van der Waals surface area contributed by atoms with Crippen molar-refractivity contribution in [1.82, 2.24) is 20.6 Å². The van der Waals surface area contributed by atoms with Crippen molar-refractivity contribution in [2.45, 2.75) is 71.5 Å². The van der Waals surface area contributed by atoms with Crippen molar-refractivity contribution in [2.24, 2.45) is 5.92 Å². The zero-order valence-electron chi connectivity index (χ0n) is 22.4. The molecule has 216 valence electrons. The maximum Gasteiger partial charge on any atom is 0.240 e. The lowest BCUT2D eigenvalue weighted by molar-refractivity contribution is -0.205. The van der Waals surface area contributed by atoms with Gasteiger partial charge in [0.05, 0.1) is 18.8 Å². The molecule has 5 rings (SSSR count). The van der Waals surface area contributed by atoms with E-state index >= 15 is 0 Å². The van der Waals surface area contributed by atoms with Gasteiger partial charge in [-0.3, -0.25) is 4.79 Å². The van der Waals surface area contributed by atoms with E-state index in [9.17, 15) is 20.1 Å². The second-order valence-electron chi connectivity index (χ2n) is 10.3. The Morgan fingerprint density at radius 3 is 2.55 bits per heavy atom. The van der Waals surface area contributed by atoms with Crippen LogP contribution in [-0.2, 0) is 14.3 Å². The highest BCUT2D eigenvalue weighted by molar-refractivity contribution is 8.00. The maximum absolute atomic E-state index is 13.7. The Morgan fingerprint density at radius 1 is 1.07 bits per heavy atom. The molecule has 0 saturated carbocycles. The molecule has 2 unspecified atom stereocenters. The van der Waals surface area contributed by atoms with Crippen molar-refractivity contribution >= 4 is 29.4 Å². The SMILES string of the molecule is CSC1O[C@H]([C@H](NC(=O)[C@H]2NC[C@@H]3CC=CCO[C@H]32)[C@H](C)Sc2ccc(-c3cncnc3)cc2)[C@@H](O)C(O)[C@H]1O. The van der Waals surface area contributed by atoms with Crippen molar-refractivity contribution < 1.29 is 29.6 Å². The van der Waals surface area contributed by atoms with Gasteiger partial charge in [-0.1, -0.05) is 31.2 Å². The molecule has 0 spiro atoms. The second kappa shape index (κ2) is 13.3. The van der Waals surface area contributed by atoms with Gasteiger partial charge in [0.15, 0.2) is 0 Å². The van der Waals surface area contributed by atoms with Gasteiger partial charge in [0.25, 0.3) is 0 Å². The number of aromatic nitrogens is 2. The topological polar surface area (TPSA) is 146 Å². The Kier molecular flexibility index (Phi) is 9.80. The lowest BCUT2D eigenvalue weighted by atomic mass is 9.92. The Bertz CT molecular complexity index is 1160. The standard InChI is InChI=1S/C28H36N4O6S2/c1-15(40-19-8-6-16(7-9-19)18-11-29-14-30-12-18)20(26-23(34)22(33)24(35)28(38-26)39-2)32-27(36)21-25-17(13-31-21)5-3-4-10-37-25/h3-4,6-9,11-12,14-15,17,20-26,28,31,33-35H,5,10,13H2,1-2H3,(H,32,36)/t15-,17-,20+,21-,22?,23-,24+,25+,26+,28?/m0/s1. The summed E-state index contributed by atoms with van der Waals surface area (Å²) in [6.07, 6.45) is 6.40. The molecular weight excluding hydrogens is 552 g/mol. The minimum Gasteiger partial charge on any atom is -0.388 e. The third kappa shape index (κ3) is 6.39. The van der Waals surface area contributed by atoms with Crippen LogP contribution in [0, 0.1) is 5.92 Å². The quantitative estimate of drug-likeness (QED) is 0.224. The Balaban J connectivity index is 1.36. The molecule has 1 amide bonds. The fourth-order valence-electron chi connectivity index (χ4n) is 5.53. The monoisotopic (exact) mass is 588 g/mol. The molecule has 0 bridgehead atoms. The first-order chi connectivity index (χ1) is 19.4. The number of hydrogen-bond acceptors (Lipinski definition) is 11. The number of benzene rings is 1. The summed E-state index contributed by atoms with van der Waals surface area (Å²) in [6, 6.07) is 6.70. The zero-order chi connectivity index (χ0) is 28.2. The minimum absolute atomic E-state index is 0.197. The summed E-state index contributed by atoms with van der Waals surface area (Å²) >= 11 is 2.77. The van der Waals surface area contributed by atoms with Gasteiger partial charge < -0.3 is 35.4 Å². The molecule has 1 aromatic heterocycles. The van der Waals surface area contributed by atoms with E-state index in [1.807, 2.05) is 37.3 Å². The molecule has 1 aromatic carbocycles. The molecule has 3 aliphatic heterocycles. The lowest BCUT2D eigenvalue weighted by Crippen LogP contribution is -2.65. The number of amides is 1. The van der Waals surface area contributed by atoms with Crippen LogP contribution in [0.25, 0.3) is 11.1 Å². The highest BCUT2D eigenvalue weighted by atomic mass is 32.2. The summed E-state index contributed by atoms with van der Waals surface area (Å²) in [5.74, 6) is -0.0500. The van der Waals surface area contributed by atoms with Crippen molar-refractivity contribution in [3.05, 3.63) is 55.1 Å². The van der Waals surface area contributed by atoms with Crippen LogP contribution < -0.4 is 10.6 Å². The molecule has 12 heteroatoms. The van der Waals surface area contributed by atoms with E-state index in [1.54, 1.807) is 18.6 Å². The van der Waals surface area contributed by atoms with Gasteiger partial charge in [-0.25, -0.2) is 9.97 Å². The third-order valence-electron chi connectivity index (χ3n) is 7.74. The number of nitrogens with zero attached hydrogens (tertiary/aromatic N) is 2. The van der Waals surface area contributed by atoms with Gasteiger partial charge in [0.1, 0.15) is 42.2 Å². The smallest absolute Gasteiger partial charge is 0.240 e. The van der Waals surface area contributed by atoms with Crippen LogP contribution in [0.3, 0.4) is 0 Å². The molecule has 5 N–H and O–H groups in total. The van der Waals surface area contributed by atoms with Crippen LogP contribution in [0.15, 0.2) is 60.0 Å². The summed E-state index contributed by atoms with van der Waals surface area (Å²) in [4.78, 5) is 22.8. The number of nitrogens with one attached hydrogen (secondary N) is 2. The molecule has 10 nitrogen and oxygen atoms in total. The van der Waals surface area contributed by atoms with Crippen LogP contribution in [-0.4, -0.2) is 104 Å². The third-order valence-corrected chi connectivity index (χ3v) is 9.81. The van der Waals surface area contributed by atoms with Crippen LogP contribution in [0.5, 0.6) is 0 Å². The number of thioether (sulfide) groups is 2. The Morgan fingerprint density at radius 2 is 1.82 bits per heavy atom. The molecule has 0 aliphatic carbocycles. The van der Waals surface area contributed by atoms with Gasteiger partial charge in [0, 0.05) is 40.6 Å². The van der Waals surface area contributed by atoms with Crippen molar-refractivity contribution in [3.63, 3.8) is 0 Å². The molecule has 3 aliphatic rings. The summed E-state index contributed by atoms with van der Waals surface area (Å²) in [5.41, 5.74) is 1.13. The Labute approximate surface area is 242 Å². The second-order valence-corrected chi connectivity index (χ2v) is 12.7. The van der Waals surface area contributed by atoms with E-state index in [2.05, 4.69) is 26.7 Å². The van der Waals surface area contributed by atoms with E-state index in [0.29, 0.717) is 13.2 Å². The van der Waals surface area contributed by atoms with Gasteiger partial charge >= 0.3 is 0 Å². The van der Waals surface area contributed by atoms with Crippen LogP contribution in [0.2, 0.25) is 0 Å². The summed E-state index contributed by atoms with van der Waals surface area (Å²) < 4.78 is 12.1. The van der Waals surface area contributed by atoms with E-state index < -0.39 is 41.9 Å². The van der Waals surface area contributed by atoms with E-state index in [-0.39, 0.29) is 23.2 Å². The molecule has 40 heavy (non-hydrogen) atoms. The lowest BCUT2D eigenvalue weighted by Gasteiger charge is -2.44. The average molecular weight is 589 g/mol. The predicted molar refractivity (Wildman–Crippen MR) is 154 cm³/mol. The number of carbonyl (C=O) groups is 1. The number of allylic oxidation sites excluding steroid dienone is 1. The first-order valence-electron chi connectivity index (χ1n) is 13.4. The van der Waals surface area contributed by atoms with Crippen molar-refractivity contribution in [1.29, 1.82) is 0 Å². The highest BCUT2D eigenvalue weighted by Crippen LogP contribution is 2.35. The number of aliphatic hydroxyl groups is 3. The van der Waals surface area contributed by atoms with Gasteiger partial charge in [-0.2, -0.15) is 0 Å². The first kappa shape index (κ1) is 29.5. The molecule has 2 aromatic rings. The number of fused-ring (bicyclic) bond motifs is 1. The van der Waals surface area contributed by atoms with E-state index in [4.69, 9.17) is 9.47 Å². The summed E-state index contributed by atoms with van der Waals surface area (Å²) in [5, 5.41) is 38.2. The van der Waals surface area contributed by atoms with E-state index in [1.165, 1.54) is 29.9 Å². The molecule has 0 radical (unpaired) electrons. The van der Waals surface area contributed by atoms with Crippen LogP contribution >= 0.6 is 23.5 Å². The van der Waals surface area contributed by atoms with Crippen molar-refractivity contribution in [2.75, 3.05) is 19.4 Å². The predicted octanol–water partition coefficient (Wildman–Crippen LogP) is 1.21. The highest BCUT2D eigenvalue weighted by Gasteiger charge is 2.49. The first-order valence-corrected chi connectivity index (χ1v) is 15.6. The molecule has 2 saturated heterocycles. The minimum atomic E-state index is -1.41. The van der Waals surface area contributed by atoms with E-state index in [0.717, 1.165) is 22.4 Å². The molecule has 2 fully saturated rings. The van der Waals surface area contributed by atoms with Crippen LogP contribution in [0.4, 0.5) is 0 Å². The van der Waals surface area contributed by atoms with Gasteiger partial charge in [0.2, 0.25) is 5.91 Å². The summed E-state index contributed by atoms with van der Waals surface area (Å²) in [6.45, 7) is 3.08. The van der Waals surface area contributed by atoms with Gasteiger partial charge in [-0.05, 0) is 30.4 Å². The zero-order valence-corrected chi connectivity index (χ0v) is 24.0. The number of ether oxygens (including phenoxy) is 2. The average Bonchev–Trinajstić information content (AvgIpc) is 3.24. The molecule has 10 atom stereocenters. The fourth-order valence-corrected chi connectivity index (χ4v) is 7.30. The number of carbonyl (C=O) groups excluding carboxylic acids is 1. The number of aliphatic hydroxyl groups excluding tert-OH is 3. The fraction of sp³-hybridized carbons (Fsp3) is 0.536. The van der Waals surface area contributed by atoms with Crippen LogP contribution in [0.1, 0.15) is 13.3 Å². The number of rotatable bonds is 8. The van der Waals surface area contributed by atoms with Gasteiger partial charge in [-0.15, -0.1) is 23.5 Å². The molecule has 4 heterocycles. The maximum atomic E-state index is 13.7. The van der Waals surface area contributed by atoms with Crippen molar-refractivity contribution in [3.8, 4) is 11.1 Å². The molecular formula is C28H36N4O6S2. The largest absolute Gasteiger partial charge is 0.388 e. The normalized spacial score (nSPS) is 33.5. The Hall–Kier alpha value is -2.03.